The Bertz CT molecular complexity index is 403. The van der Waals surface area contributed by atoms with Crippen molar-refractivity contribution in [3.8, 4) is 0 Å². The molecule has 1 N–H and O–H groups in total. The first-order valence-corrected chi connectivity index (χ1v) is 4.24. The highest BCUT2D eigenvalue weighted by Gasteiger charge is 2.00. The van der Waals surface area contributed by atoms with Crippen LogP contribution in [0.25, 0.3) is 10.9 Å². The Labute approximate surface area is 76.4 Å². The maximum atomic E-state index is 5.84. The summed E-state index contributed by atoms with van der Waals surface area (Å²) in [5, 5.41) is 1.98. The van der Waals surface area contributed by atoms with Crippen molar-refractivity contribution in [2.24, 2.45) is 0 Å². The minimum Gasteiger partial charge on any atom is -0.361 e. The molecule has 12 heavy (non-hydrogen) atoms. The van der Waals surface area contributed by atoms with Gasteiger partial charge in [-0.05, 0) is 31.0 Å². The summed E-state index contributed by atoms with van der Waals surface area (Å²) in [5.41, 5.74) is 2.32. The van der Waals surface area contributed by atoms with E-state index in [1.54, 1.807) is 0 Å². The Balaban J connectivity index is 2.73. The van der Waals surface area contributed by atoms with E-state index in [0.717, 1.165) is 17.0 Å². The van der Waals surface area contributed by atoms with E-state index in [-0.39, 0.29) is 0 Å². The Kier molecular flexibility index (Phi) is 1.81. The third kappa shape index (κ3) is 1.10. The average molecular weight is 179 g/mol. The van der Waals surface area contributed by atoms with Crippen LogP contribution in [0.4, 0.5) is 0 Å². The number of hydrogen-bond acceptors (Lipinski definition) is 0. The highest BCUT2D eigenvalue weighted by atomic mass is 35.5. The molecule has 0 saturated heterocycles. The van der Waals surface area contributed by atoms with Crippen molar-refractivity contribution < 1.29 is 0 Å². The molecule has 1 aromatic heterocycles. The summed E-state index contributed by atoms with van der Waals surface area (Å²) in [4.78, 5) is 3.16. The molecule has 0 fully saturated rings. The molecule has 0 aliphatic rings. The molecule has 0 saturated carbocycles. The first-order valence-electron chi connectivity index (χ1n) is 3.86. The van der Waals surface area contributed by atoms with Crippen molar-refractivity contribution in [1.29, 1.82) is 0 Å². The van der Waals surface area contributed by atoms with Crippen molar-refractivity contribution >= 4 is 22.5 Å². The summed E-state index contributed by atoms with van der Waals surface area (Å²) in [6.07, 6.45) is 2.79. The van der Waals surface area contributed by atoms with Crippen molar-refractivity contribution in [2.75, 3.05) is 0 Å². The van der Waals surface area contributed by atoms with Gasteiger partial charge in [0.05, 0.1) is 0 Å². The van der Waals surface area contributed by atoms with E-state index >= 15 is 0 Å². The lowest BCUT2D eigenvalue weighted by Gasteiger charge is -1.93. The van der Waals surface area contributed by atoms with Crippen LogP contribution in [0, 0.1) is 6.92 Å². The number of benzene rings is 1. The highest BCUT2D eigenvalue weighted by molar-refractivity contribution is 6.31. The molecule has 2 aromatic rings. The molecule has 0 spiro atoms. The normalized spacial score (nSPS) is 10.8. The number of aromatic nitrogens is 1. The van der Waals surface area contributed by atoms with Crippen LogP contribution in [0.3, 0.4) is 0 Å². The number of rotatable bonds is 1. The van der Waals surface area contributed by atoms with Gasteiger partial charge in [0.15, 0.2) is 0 Å². The van der Waals surface area contributed by atoms with E-state index in [2.05, 4.69) is 11.9 Å². The van der Waals surface area contributed by atoms with E-state index in [4.69, 9.17) is 11.6 Å². The molecule has 1 aromatic carbocycles. The van der Waals surface area contributed by atoms with Crippen molar-refractivity contribution in [2.45, 2.75) is 6.42 Å². The third-order valence-corrected chi connectivity index (χ3v) is 2.23. The van der Waals surface area contributed by atoms with E-state index < -0.39 is 0 Å². The summed E-state index contributed by atoms with van der Waals surface area (Å²) < 4.78 is 0. The highest BCUT2D eigenvalue weighted by Crippen LogP contribution is 2.21. The fraction of sp³-hybridized carbons (Fsp3) is 0.100. The quantitative estimate of drug-likeness (QED) is 0.691. The largest absolute Gasteiger partial charge is 0.361 e. The number of hydrogen-bond donors (Lipinski definition) is 1. The lowest BCUT2D eigenvalue weighted by atomic mass is 10.1. The van der Waals surface area contributed by atoms with Crippen LogP contribution in [0.2, 0.25) is 5.02 Å². The predicted molar refractivity (Wildman–Crippen MR) is 52.4 cm³/mol. The lowest BCUT2D eigenvalue weighted by molar-refractivity contribution is 1.29. The smallest absolute Gasteiger partial charge is 0.0471 e. The Morgan fingerprint density at radius 1 is 1.42 bits per heavy atom. The van der Waals surface area contributed by atoms with Gasteiger partial charge in [0.1, 0.15) is 0 Å². The van der Waals surface area contributed by atoms with E-state index in [1.807, 2.05) is 24.4 Å². The molecule has 0 bridgehead atoms. The molecule has 61 valence electrons. The minimum absolute atomic E-state index is 0.764. The van der Waals surface area contributed by atoms with Crippen LogP contribution in [0.5, 0.6) is 0 Å². The van der Waals surface area contributed by atoms with Crippen LogP contribution >= 0.6 is 11.6 Å². The molecular formula is C10H9ClN. The second-order valence-corrected chi connectivity index (χ2v) is 3.19. The van der Waals surface area contributed by atoms with Gasteiger partial charge in [-0.25, -0.2) is 0 Å². The second kappa shape index (κ2) is 2.83. The molecule has 2 rings (SSSR count). The average Bonchev–Trinajstić information content (AvgIpc) is 2.46. The zero-order chi connectivity index (χ0) is 8.55. The topological polar surface area (TPSA) is 15.8 Å². The molecule has 0 aliphatic carbocycles. The number of H-pyrrole nitrogens is 1. The van der Waals surface area contributed by atoms with Crippen LogP contribution in [-0.2, 0) is 6.42 Å². The second-order valence-electron chi connectivity index (χ2n) is 2.75. The molecule has 2 heteroatoms. The van der Waals surface area contributed by atoms with Gasteiger partial charge in [0.2, 0.25) is 0 Å². The predicted octanol–water partition coefficient (Wildman–Crippen LogP) is 3.20. The Morgan fingerprint density at radius 2 is 2.25 bits per heavy atom. The Hall–Kier alpha value is -0.950. The molecule has 1 heterocycles. The zero-order valence-electron chi connectivity index (χ0n) is 6.60. The van der Waals surface area contributed by atoms with Crippen LogP contribution in [-0.4, -0.2) is 4.98 Å². The number of nitrogens with one attached hydrogen (secondary N) is 1. The van der Waals surface area contributed by atoms with E-state index in [1.165, 1.54) is 10.9 Å². The zero-order valence-corrected chi connectivity index (χ0v) is 7.36. The first kappa shape index (κ1) is 7.69. The fourth-order valence-electron chi connectivity index (χ4n) is 1.37. The van der Waals surface area contributed by atoms with Crippen molar-refractivity contribution in [3.05, 3.63) is 41.9 Å². The molecule has 0 aliphatic heterocycles. The summed E-state index contributed by atoms with van der Waals surface area (Å²) in [6, 6.07) is 5.85. The SMILES string of the molecule is [CH2]Cc1c[nH]c2cc(Cl)ccc12. The van der Waals surface area contributed by atoms with Gasteiger partial charge in [0, 0.05) is 22.1 Å². The molecule has 0 amide bonds. The monoisotopic (exact) mass is 178 g/mol. The molecule has 0 atom stereocenters. The summed E-state index contributed by atoms with van der Waals surface area (Å²) >= 11 is 5.84. The number of aromatic amines is 1. The van der Waals surface area contributed by atoms with Crippen molar-refractivity contribution in [3.63, 3.8) is 0 Å². The van der Waals surface area contributed by atoms with Gasteiger partial charge in [0.25, 0.3) is 0 Å². The van der Waals surface area contributed by atoms with Gasteiger partial charge in [-0.3, -0.25) is 0 Å². The number of fused-ring (bicyclic) bond motifs is 1. The van der Waals surface area contributed by atoms with Gasteiger partial charge < -0.3 is 4.98 Å². The Morgan fingerprint density at radius 3 is 3.00 bits per heavy atom. The maximum absolute atomic E-state index is 5.84. The summed E-state index contributed by atoms with van der Waals surface area (Å²) in [5.74, 6) is 0. The van der Waals surface area contributed by atoms with E-state index in [9.17, 15) is 0 Å². The van der Waals surface area contributed by atoms with Gasteiger partial charge >= 0.3 is 0 Å². The lowest BCUT2D eigenvalue weighted by Crippen LogP contribution is -1.74. The van der Waals surface area contributed by atoms with Gasteiger partial charge in [-0.15, -0.1) is 0 Å². The minimum atomic E-state index is 0.764. The summed E-state index contributed by atoms with van der Waals surface area (Å²) in [6.45, 7) is 3.85. The van der Waals surface area contributed by atoms with Crippen LogP contribution in [0.1, 0.15) is 5.56 Å². The summed E-state index contributed by atoms with van der Waals surface area (Å²) in [7, 11) is 0. The molecule has 1 nitrogen and oxygen atoms in total. The first-order chi connectivity index (χ1) is 5.81. The molecule has 0 unspecified atom stereocenters. The van der Waals surface area contributed by atoms with Crippen LogP contribution < -0.4 is 0 Å². The van der Waals surface area contributed by atoms with Gasteiger partial charge in [-0.2, -0.15) is 0 Å². The van der Waals surface area contributed by atoms with E-state index in [0.29, 0.717) is 0 Å². The standard InChI is InChI=1S/C10H9ClN/c1-2-7-6-12-10-5-8(11)3-4-9(7)10/h3-6,12H,1-2H2. The molecular weight excluding hydrogens is 170 g/mol. The van der Waals surface area contributed by atoms with Crippen LogP contribution in [0.15, 0.2) is 24.4 Å². The molecule has 1 radical (unpaired) electrons. The third-order valence-electron chi connectivity index (χ3n) is 2.00. The van der Waals surface area contributed by atoms with Gasteiger partial charge in [-0.1, -0.05) is 17.7 Å². The fourth-order valence-corrected chi connectivity index (χ4v) is 1.54. The maximum Gasteiger partial charge on any atom is 0.0471 e. The number of halogens is 1. The van der Waals surface area contributed by atoms with Crippen molar-refractivity contribution in [1.82, 2.24) is 4.98 Å².